The molecule has 2 aromatic rings. The van der Waals surface area contributed by atoms with Crippen molar-refractivity contribution in [3.05, 3.63) is 83.3 Å². The summed E-state index contributed by atoms with van der Waals surface area (Å²) in [5.41, 5.74) is 9.97. The summed E-state index contributed by atoms with van der Waals surface area (Å²) in [5, 5.41) is 21.9. The van der Waals surface area contributed by atoms with E-state index in [1.165, 1.54) is 0 Å². The molecule has 0 saturated heterocycles. The second kappa shape index (κ2) is 11.4. The maximum absolute atomic E-state index is 13.4. The lowest BCUT2D eigenvalue weighted by Gasteiger charge is -2.21. The van der Waals surface area contributed by atoms with Crippen LogP contribution >= 0.6 is 0 Å². The zero-order valence-corrected chi connectivity index (χ0v) is 19.7. The highest BCUT2D eigenvalue weighted by Gasteiger charge is 2.28. The van der Waals surface area contributed by atoms with Crippen LogP contribution < -0.4 is 0 Å². The normalized spacial score (nSPS) is 12.4. The Bertz CT molecular complexity index is 994. The number of Topliss-reactive ketones (excluding diaryl/α,β-unsaturated/α-hetero) is 1. The Morgan fingerprint density at radius 2 is 1.19 bits per heavy atom. The molecular formula is C29H34O3. The number of phenols is 2. The van der Waals surface area contributed by atoms with Gasteiger partial charge in [-0.25, -0.2) is 0 Å². The van der Waals surface area contributed by atoms with Gasteiger partial charge in [0.05, 0.1) is 0 Å². The summed E-state index contributed by atoms with van der Waals surface area (Å²) in [7, 11) is 0. The van der Waals surface area contributed by atoms with Crippen LogP contribution in [-0.2, 0) is 4.79 Å². The minimum atomic E-state index is -0.550. The van der Waals surface area contributed by atoms with E-state index in [1.54, 1.807) is 26.0 Å². The van der Waals surface area contributed by atoms with Crippen molar-refractivity contribution in [2.24, 2.45) is 0 Å². The number of allylic oxidation sites excluding steroid dienone is 2. The van der Waals surface area contributed by atoms with Crippen LogP contribution in [0.15, 0.2) is 61.0 Å². The molecule has 3 nitrogen and oxygen atoms in total. The largest absolute Gasteiger partial charge is 0.507 e. The molecule has 0 aliphatic carbocycles. The predicted molar refractivity (Wildman–Crippen MR) is 133 cm³/mol. The van der Waals surface area contributed by atoms with Crippen molar-refractivity contribution in [1.29, 1.82) is 0 Å². The van der Waals surface area contributed by atoms with Gasteiger partial charge < -0.3 is 10.2 Å². The van der Waals surface area contributed by atoms with E-state index in [9.17, 15) is 15.0 Å². The van der Waals surface area contributed by atoms with E-state index in [4.69, 9.17) is 0 Å². The van der Waals surface area contributed by atoms with Gasteiger partial charge in [0.1, 0.15) is 17.3 Å². The van der Waals surface area contributed by atoms with Gasteiger partial charge in [-0.2, -0.15) is 0 Å². The molecule has 0 fully saturated rings. The van der Waals surface area contributed by atoms with E-state index >= 15 is 0 Å². The van der Waals surface area contributed by atoms with Crippen LogP contribution in [0.3, 0.4) is 0 Å². The van der Waals surface area contributed by atoms with E-state index < -0.39 is 11.8 Å². The number of ketones is 1. The summed E-state index contributed by atoms with van der Waals surface area (Å²) in [5.74, 6) is -0.989. The Morgan fingerprint density at radius 1 is 0.812 bits per heavy atom. The number of para-hydroxylation sites is 2. The standard InChI is InChI=1S/C29H34O3/c1-7-13-21(9-3)25-17-11-15-23(28(25)31)19(5)27(30)20(6)24-16-12-18-26(29(24)32)22(10-4)14-8-2/h11-12,15-20,31-32H,3-4,7-8,13-14H2,1-2,5-6H3. The third kappa shape index (κ3) is 5.14. The number of hydrogen-bond donors (Lipinski definition) is 2. The molecule has 2 atom stereocenters. The molecule has 2 unspecified atom stereocenters. The summed E-state index contributed by atoms with van der Waals surface area (Å²) in [4.78, 5) is 13.4. The van der Waals surface area contributed by atoms with Gasteiger partial charge in [-0.15, -0.1) is 11.5 Å². The molecule has 0 aliphatic rings. The molecule has 2 N–H and O–H groups in total. The van der Waals surface area contributed by atoms with E-state index in [2.05, 4.69) is 38.5 Å². The first-order valence-electron chi connectivity index (χ1n) is 11.3. The third-order valence-electron chi connectivity index (χ3n) is 6.00. The van der Waals surface area contributed by atoms with Crippen molar-refractivity contribution in [3.63, 3.8) is 0 Å². The van der Waals surface area contributed by atoms with Crippen LogP contribution in [0.25, 0.3) is 11.1 Å². The van der Waals surface area contributed by atoms with Crippen molar-refractivity contribution < 1.29 is 15.0 Å². The van der Waals surface area contributed by atoms with Crippen molar-refractivity contribution in [2.45, 2.75) is 65.2 Å². The van der Waals surface area contributed by atoms with E-state index in [0.717, 1.165) is 36.8 Å². The highest BCUT2D eigenvalue weighted by atomic mass is 16.3. The number of hydrogen-bond acceptors (Lipinski definition) is 3. The summed E-state index contributed by atoms with van der Waals surface area (Å²) >= 11 is 0. The van der Waals surface area contributed by atoms with Crippen LogP contribution in [0.1, 0.15) is 87.5 Å². The average molecular weight is 431 g/mol. The third-order valence-corrected chi connectivity index (χ3v) is 6.00. The van der Waals surface area contributed by atoms with Gasteiger partial charge in [-0.3, -0.25) is 4.79 Å². The molecule has 3 heteroatoms. The molecule has 2 rings (SSSR count). The SMILES string of the molecule is C=C=C(CCC)c1cccc(C(C)C(=O)C(C)c2cccc(C(=C=C)CCC)c2O)c1O. The van der Waals surface area contributed by atoms with Gasteiger partial charge >= 0.3 is 0 Å². The number of carbonyl (C=O) groups is 1. The summed E-state index contributed by atoms with van der Waals surface area (Å²) in [6, 6.07) is 10.9. The maximum atomic E-state index is 13.4. The molecule has 32 heavy (non-hydrogen) atoms. The molecule has 0 saturated carbocycles. The van der Waals surface area contributed by atoms with Crippen LogP contribution in [-0.4, -0.2) is 16.0 Å². The number of benzene rings is 2. The van der Waals surface area contributed by atoms with Gasteiger partial charge in [0.2, 0.25) is 0 Å². The molecule has 0 amide bonds. The average Bonchev–Trinajstić information content (AvgIpc) is 2.80. The highest BCUT2D eigenvalue weighted by molar-refractivity contribution is 5.93. The Kier molecular flexibility index (Phi) is 8.91. The fourth-order valence-corrected chi connectivity index (χ4v) is 4.13. The molecule has 0 spiro atoms. The lowest BCUT2D eigenvalue weighted by atomic mass is 9.83. The van der Waals surface area contributed by atoms with Gasteiger partial charge in [0.15, 0.2) is 0 Å². The Labute approximate surface area is 192 Å². The second-order valence-corrected chi connectivity index (χ2v) is 8.14. The topological polar surface area (TPSA) is 57.5 Å². The first-order valence-corrected chi connectivity index (χ1v) is 11.3. The monoisotopic (exact) mass is 430 g/mol. The van der Waals surface area contributed by atoms with E-state index in [1.807, 2.05) is 24.3 Å². The molecule has 0 bridgehead atoms. The minimum Gasteiger partial charge on any atom is -0.507 e. The second-order valence-electron chi connectivity index (χ2n) is 8.14. The molecule has 0 radical (unpaired) electrons. The van der Waals surface area contributed by atoms with Crippen molar-refractivity contribution in [2.75, 3.05) is 0 Å². The van der Waals surface area contributed by atoms with Gasteiger partial charge in [0, 0.05) is 45.2 Å². The smallest absolute Gasteiger partial charge is 0.147 e. The predicted octanol–water partition coefficient (Wildman–Crippen LogP) is 7.51. The van der Waals surface area contributed by atoms with Gasteiger partial charge in [-0.1, -0.05) is 90.1 Å². The lowest BCUT2D eigenvalue weighted by Crippen LogP contribution is -2.17. The summed E-state index contributed by atoms with van der Waals surface area (Å²) < 4.78 is 0. The van der Waals surface area contributed by atoms with Crippen molar-refractivity contribution in [3.8, 4) is 11.5 Å². The van der Waals surface area contributed by atoms with Gasteiger partial charge in [-0.05, 0) is 12.8 Å². The number of rotatable bonds is 10. The maximum Gasteiger partial charge on any atom is 0.147 e. The van der Waals surface area contributed by atoms with E-state index in [0.29, 0.717) is 22.3 Å². The molecule has 2 aromatic carbocycles. The fraction of sp³-hybridized carbons (Fsp3) is 0.345. The Morgan fingerprint density at radius 3 is 1.50 bits per heavy atom. The van der Waals surface area contributed by atoms with Gasteiger partial charge in [0.25, 0.3) is 0 Å². The molecule has 0 aliphatic heterocycles. The van der Waals surface area contributed by atoms with Crippen LogP contribution in [0.5, 0.6) is 11.5 Å². The van der Waals surface area contributed by atoms with E-state index in [-0.39, 0.29) is 17.3 Å². The Hall–Kier alpha value is -3.25. The summed E-state index contributed by atoms with van der Waals surface area (Å²) in [6.45, 7) is 15.2. The Balaban J connectivity index is 2.43. The van der Waals surface area contributed by atoms with Crippen LogP contribution in [0, 0.1) is 0 Å². The quantitative estimate of drug-likeness (QED) is 0.383. The van der Waals surface area contributed by atoms with Crippen LogP contribution in [0.2, 0.25) is 0 Å². The summed E-state index contributed by atoms with van der Waals surface area (Å²) in [6.07, 6.45) is 3.30. The number of aromatic hydroxyl groups is 2. The molecular weight excluding hydrogens is 396 g/mol. The zero-order valence-electron chi connectivity index (χ0n) is 19.7. The minimum absolute atomic E-state index is 0.0795. The zero-order chi connectivity index (χ0) is 23.8. The molecule has 168 valence electrons. The first kappa shape index (κ1) is 25.0. The number of carbonyl (C=O) groups excluding carboxylic acids is 1. The number of phenolic OH excluding ortho intramolecular Hbond substituents is 2. The van der Waals surface area contributed by atoms with Crippen molar-refractivity contribution >= 4 is 16.9 Å². The lowest BCUT2D eigenvalue weighted by molar-refractivity contribution is -0.121. The molecule has 0 aromatic heterocycles. The van der Waals surface area contributed by atoms with Crippen molar-refractivity contribution in [1.82, 2.24) is 0 Å². The van der Waals surface area contributed by atoms with Crippen LogP contribution in [0.4, 0.5) is 0 Å². The highest BCUT2D eigenvalue weighted by Crippen LogP contribution is 2.40. The fourth-order valence-electron chi connectivity index (χ4n) is 4.13. The first-order chi connectivity index (χ1) is 15.3. The molecule has 0 heterocycles.